The number of carbonyl (C=O) groups excluding carboxylic acids is 2. The summed E-state index contributed by atoms with van der Waals surface area (Å²) in [7, 11) is 1.57. The summed E-state index contributed by atoms with van der Waals surface area (Å²) < 4.78 is 24.4. The Morgan fingerprint density at radius 1 is 1.25 bits per heavy atom. The van der Waals surface area contributed by atoms with Gasteiger partial charge in [-0.05, 0) is 51.8 Å². The van der Waals surface area contributed by atoms with Crippen LogP contribution in [0.4, 0.5) is 26.6 Å². The Kier molecular flexibility index (Phi) is 11.1. The number of nitrogens with zero attached hydrogens (tertiary/aromatic N) is 3. The summed E-state index contributed by atoms with van der Waals surface area (Å²) in [6, 6.07) is 5.43. The van der Waals surface area contributed by atoms with E-state index in [2.05, 4.69) is 37.8 Å². The predicted molar refractivity (Wildman–Crippen MR) is 152 cm³/mol. The zero-order chi connectivity index (χ0) is 29.1. The number of hydrogen-bond donors (Lipinski definition) is 3. The van der Waals surface area contributed by atoms with E-state index in [1.54, 1.807) is 46.2 Å². The van der Waals surface area contributed by atoms with Gasteiger partial charge < -0.3 is 25.4 Å². The van der Waals surface area contributed by atoms with Gasteiger partial charge in [-0.3, -0.25) is 9.69 Å². The van der Waals surface area contributed by atoms with Crippen molar-refractivity contribution in [3.8, 4) is 11.8 Å². The van der Waals surface area contributed by atoms with E-state index in [1.807, 2.05) is 6.92 Å². The van der Waals surface area contributed by atoms with Crippen molar-refractivity contribution in [2.75, 3.05) is 37.4 Å². The van der Waals surface area contributed by atoms with Crippen molar-refractivity contribution in [2.45, 2.75) is 71.1 Å². The van der Waals surface area contributed by atoms with Crippen molar-refractivity contribution < 1.29 is 23.5 Å². The number of halogens is 1. The van der Waals surface area contributed by atoms with Gasteiger partial charge in [-0.1, -0.05) is 24.8 Å². The van der Waals surface area contributed by atoms with Gasteiger partial charge in [0, 0.05) is 38.7 Å². The molecule has 1 aromatic carbocycles. The van der Waals surface area contributed by atoms with Crippen LogP contribution in [0.1, 0.15) is 58.9 Å². The Bertz CT molecular complexity index is 1220. The van der Waals surface area contributed by atoms with Gasteiger partial charge in [0.1, 0.15) is 23.3 Å². The Balaban J connectivity index is 1.54. The van der Waals surface area contributed by atoms with E-state index in [9.17, 15) is 14.0 Å². The number of methoxy groups -OCH3 is 1. The summed E-state index contributed by atoms with van der Waals surface area (Å²) in [6.07, 6.45) is 3.37. The number of benzene rings is 1. The second kappa shape index (κ2) is 14.5. The number of ether oxygens (including phenoxy) is 2. The number of carbonyl (C=O) groups is 2. The van der Waals surface area contributed by atoms with Gasteiger partial charge in [-0.2, -0.15) is 4.98 Å². The Labute approximate surface area is 235 Å². The van der Waals surface area contributed by atoms with Gasteiger partial charge in [-0.25, -0.2) is 14.2 Å². The fraction of sp³-hybridized carbons (Fsp3) is 0.517. The molecule has 0 bridgehead atoms. The van der Waals surface area contributed by atoms with Gasteiger partial charge in [0.25, 0.3) is 0 Å². The van der Waals surface area contributed by atoms with Crippen LogP contribution in [0, 0.1) is 17.7 Å². The highest BCUT2D eigenvalue weighted by molar-refractivity contribution is 5.86. The average molecular weight is 555 g/mol. The second-order valence-corrected chi connectivity index (χ2v) is 10.5. The van der Waals surface area contributed by atoms with Crippen LogP contribution in [0.15, 0.2) is 30.5 Å². The van der Waals surface area contributed by atoms with Crippen molar-refractivity contribution >= 4 is 29.5 Å². The van der Waals surface area contributed by atoms with E-state index in [-0.39, 0.29) is 17.8 Å². The molecule has 0 radical (unpaired) electrons. The maximum absolute atomic E-state index is 13.5. The molecule has 40 heavy (non-hydrogen) atoms. The minimum absolute atomic E-state index is 0.220. The lowest BCUT2D eigenvalue weighted by Crippen LogP contribution is -2.47. The lowest BCUT2D eigenvalue weighted by Gasteiger charge is -2.27. The molecule has 1 aliphatic rings. The average Bonchev–Trinajstić information content (AvgIpc) is 3.34. The number of nitrogens with one attached hydrogen (secondary N) is 3. The van der Waals surface area contributed by atoms with Gasteiger partial charge in [0.05, 0.1) is 24.4 Å². The van der Waals surface area contributed by atoms with Gasteiger partial charge in [0.15, 0.2) is 0 Å². The molecule has 11 heteroatoms. The molecule has 3 rings (SSSR count). The van der Waals surface area contributed by atoms with Crippen molar-refractivity contribution in [3.05, 3.63) is 41.8 Å². The molecule has 0 spiro atoms. The summed E-state index contributed by atoms with van der Waals surface area (Å²) in [6.45, 7) is 8.85. The van der Waals surface area contributed by atoms with Crippen molar-refractivity contribution in [1.29, 1.82) is 0 Å². The monoisotopic (exact) mass is 554 g/mol. The van der Waals surface area contributed by atoms with Crippen LogP contribution in [-0.2, 0) is 14.3 Å². The molecule has 1 fully saturated rings. The van der Waals surface area contributed by atoms with Crippen LogP contribution >= 0.6 is 0 Å². The zero-order valence-corrected chi connectivity index (χ0v) is 23.8. The van der Waals surface area contributed by atoms with Crippen LogP contribution < -0.4 is 16.0 Å². The molecule has 1 saturated heterocycles. The van der Waals surface area contributed by atoms with Gasteiger partial charge in [-0.15, -0.1) is 0 Å². The Morgan fingerprint density at radius 3 is 2.75 bits per heavy atom. The third-order valence-electron chi connectivity index (χ3n) is 5.94. The predicted octanol–water partition coefficient (Wildman–Crippen LogP) is 4.45. The number of rotatable bonds is 10. The summed E-state index contributed by atoms with van der Waals surface area (Å²) in [5.41, 5.74) is 0.538. The molecule has 0 unspecified atom stereocenters. The summed E-state index contributed by atoms with van der Waals surface area (Å²) in [5.74, 6) is 6.55. The van der Waals surface area contributed by atoms with Gasteiger partial charge in [0.2, 0.25) is 11.9 Å². The zero-order valence-electron chi connectivity index (χ0n) is 23.8. The van der Waals surface area contributed by atoms with E-state index >= 15 is 0 Å². The first-order chi connectivity index (χ1) is 19.1. The number of unbranched alkanes of at least 4 members (excludes halogenated alkanes) is 1. The number of likely N-dealkylation sites (tertiary alicyclic amines) is 1. The SMILES string of the molecule is CCCNc1nc(Nc2cccc(F)c2)ncc1C#CCCCNC(=O)[C@@H]1C[C@@H](OC)CN1C(=O)OC(C)(C)C. The quantitative estimate of drug-likeness (QED) is 0.291. The van der Waals surface area contributed by atoms with Crippen molar-refractivity contribution in [2.24, 2.45) is 0 Å². The third kappa shape index (κ3) is 9.38. The highest BCUT2D eigenvalue weighted by atomic mass is 19.1. The number of hydrogen-bond acceptors (Lipinski definition) is 8. The summed E-state index contributed by atoms with van der Waals surface area (Å²) in [5, 5.41) is 9.17. The largest absolute Gasteiger partial charge is 0.444 e. The van der Waals surface area contributed by atoms with Crippen LogP contribution in [0.3, 0.4) is 0 Å². The second-order valence-electron chi connectivity index (χ2n) is 10.5. The Hall–Kier alpha value is -3.91. The first kappa shape index (κ1) is 30.6. The van der Waals surface area contributed by atoms with Crippen LogP contribution in [0.5, 0.6) is 0 Å². The molecule has 3 N–H and O–H groups in total. The van der Waals surface area contributed by atoms with Crippen molar-refractivity contribution in [3.63, 3.8) is 0 Å². The first-order valence-corrected chi connectivity index (χ1v) is 13.5. The van der Waals surface area contributed by atoms with E-state index < -0.39 is 17.7 Å². The molecule has 2 atom stereocenters. The smallest absolute Gasteiger partial charge is 0.411 e. The van der Waals surface area contributed by atoms with Gasteiger partial charge >= 0.3 is 6.09 Å². The molecule has 1 aromatic heterocycles. The number of amides is 2. The maximum Gasteiger partial charge on any atom is 0.411 e. The van der Waals surface area contributed by atoms with Crippen LogP contribution in [-0.4, -0.2) is 71.4 Å². The fourth-order valence-corrected chi connectivity index (χ4v) is 4.01. The number of aromatic nitrogens is 2. The molecule has 1 aliphatic heterocycles. The molecule has 2 heterocycles. The van der Waals surface area contributed by atoms with E-state index in [0.717, 1.165) is 6.42 Å². The summed E-state index contributed by atoms with van der Waals surface area (Å²) in [4.78, 5) is 35.7. The first-order valence-electron chi connectivity index (χ1n) is 13.5. The summed E-state index contributed by atoms with van der Waals surface area (Å²) >= 11 is 0. The normalized spacial score (nSPS) is 16.6. The minimum atomic E-state index is -0.656. The maximum atomic E-state index is 13.5. The lowest BCUT2D eigenvalue weighted by atomic mass is 10.2. The standard InChI is InChI=1S/C29H39FN6O4/c1-6-14-31-25-20(18-33-27(35-25)34-22-13-10-12-21(30)16-22)11-8-7-9-15-32-26(37)24-17-23(39-5)19-36(24)28(38)40-29(2,3)4/h10,12-13,16,18,23-24H,6-7,9,14-15,17,19H2,1-5H3,(H,32,37)(H2,31,33,34,35)/t23-,24+/m1/s1. The minimum Gasteiger partial charge on any atom is -0.444 e. The lowest BCUT2D eigenvalue weighted by molar-refractivity contribution is -0.125. The van der Waals surface area contributed by atoms with Crippen molar-refractivity contribution in [1.82, 2.24) is 20.2 Å². The highest BCUT2D eigenvalue weighted by Crippen LogP contribution is 2.23. The van der Waals surface area contributed by atoms with Crippen LogP contribution in [0.25, 0.3) is 0 Å². The third-order valence-corrected chi connectivity index (χ3v) is 5.94. The molecular formula is C29H39FN6O4. The van der Waals surface area contributed by atoms with E-state index in [1.165, 1.54) is 17.0 Å². The van der Waals surface area contributed by atoms with Crippen LogP contribution in [0.2, 0.25) is 0 Å². The molecular weight excluding hydrogens is 515 g/mol. The van der Waals surface area contributed by atoms with E-state index in [0.29, 0.717) is 61.9 Å². The molecule has 2 amide bonds. The Morgan fingerprint density at radius 2 is 2.05 bits per heavy atom. The number of anilines is 3. The molecule has 0 saturated carbocycles. The molecule has 10 nitrogen and oxygen atoms in total. The topological polar surface area (TPSA) is 118 Å². The molecule has 2 aromatic rings. The fourth-order valence-electron chi connectivity index (χ4n) is 4.01. The molecule has 0 aliphatic carbocycles. The highest BCUT2D eigenvalue weighted by Gasteiger charge is 2.41. The van der Waals surface area contributed by atoms with E-state index in [4.69, 9.17) is 9.47 Å². The molecule has 216 valence electrons.